The molecular weight excluding hydrogens is 292 g/mol. The summed E-state index contributed by atoms with van der Waals surface area (Å²) in [7, 11) is 1.75. The largest absolute Gasteiger partial charge is 0.380 e. The minimum absolute atomic E-state index is 0.0296. The highest BCUT2D eigenvalue weighted by molar-refractivity contribution is 5.75. The number of amides is 2. The van der Waals surface area contributed by atoms with Crippen molar-refractivity contribution in [2.75, 3.05) is 20.3 Å². The van der Waals surface area contributed by atoms with Crippen LogP contribution in [-0.2, 0) is 9.47 Å². The molecule has 23 heavy (non-hydrogen) atoms. The van der Waals surface area contributed by atoms with E-state index < -0.39 is 0 Å². The molecule has 1 saturated carbocycles. The summed E-state index contributed by atoms with van der Waals surface area (Å²) in [5.41, 5.74) is -0.182. The normalized spacial score (nSPS) is 35.3. The first-order valence-corrected chi connectivity index (χ1v) is 8.88. The number of hydrogen-bond donors (Lipinski definition) is 1. The number of ether oxygens (including phenoxy) is 2. The Balaban J connectivity index is 2.01. The first-order valence-electron chi connectivity index (χ1n) is 8.88. The van der Waals surface area contributed by atoms with Gasteiger partial charge in [0, 0.05) is 43.7 Å². The fraction of sp³-hybridized carbons (Fsp3) is 0.944. The number of rotatable bonds is 4. The minimum Gasteiger partial charge on any atom is -0.380 e. The van der Waals surface area contributed by atoms with E-state index in [1.165, 1.54) is 0 Å². The molecule has 1 heterocycles. The lowest BCUT2D eigenvalue weighted by molar-refractivity contribution is -0.142. The van der Waals surface area contributed by atoms with Crippen molar-refractivity contribution >= 4 is 6.03 Å². The number of nitrogens with zero attached hydrogens (tertiary/aromatic N) is 1. The van der Waals surface area contributed by atoms with Crippen LogP contribution in [0.4, 0.5) is 4.79 Å². The second kappa shape index (κ2) is 6.60. The van der Waals surface area contributed by atoms with Crippen molar-refractivity contribution in [3.63, 3.8) is 0 Å². The molecule has 0 spiro atoms. The highest BCUT2D eigenvalue weighted by Crippen LogP contribution is 2.47. The van der Waals surface area contributed by atoms with Crippen LogP contribution >= 0.6 is 0 Å². The molecule has 0 aromatic carbocycles. The Morgan fingerprint density at radius 1 is 1.35 bits per heavy atom. The summed E-state index contributed by atoms with van der Waals surface area (Å²) < 4.78 is 11.4. The third-order valence-electron chi connectivity index (χ3n) is 5.78. The van der Waals surface area contributed by atoms with E-state index in [0.717, 1.165) is 26.0 Å². The Morgan fingerprint density at radius 2 is 2.00 bits per heavy atom. The van der Waals surface area contributed by atoms with Crippen LogP contribution in [0.15, 0.2) is 0 Å². The molecule has 5 nitrogen and oxygen atoms in total. The summed E-state index contributed by atoms with van der Waals surface area (Å²) in [4.78, 5) is 14.8. The molecule has 4 atom stereocenters. The topological polar surface area (TPSA) is 50.8 Å². The van der Waals surface area contributed by atoms with E-state index >= 15 is 0 Å². The Morgan fingerprint density at radius 3 is 2.48 bits per heavy atom. The summed E-state index contributed by atoms with van der Waals surface area (Å²) in [6.07, 6.45) is 2.00. The number of hydrogen-bond acceptors (Lipinski definition) is 3. The van der Waals surface area contributed by atoms with Gasteiger partial charge in [-0.2, -0.15) is 0 Å². The maximum Gasteiger partial charge on any atom is 0.317 e. The van der Waals surface area contributed by atoms with Gasteiger partial charge in [0.2, 0.25) is 0 Å². The van der Waals surface area contributed by atoms with Gasteiger partial charge in [-0.15, -0.1) is 0 Å². The fourth-order valence-corrected chi connectivity index (χ4v) is 4.67. The minimum atomic E-state index is -0.152. The van der Waals surface area contributed by atoms with Gasteiger partial charge in [0.05, 0.1) is 11.7 Å². The smallest absolute Gasteiger partial charge is 0.317 e. The lowest BCUT2D eigenvalue weighted by Crippen LogP contribution is -2.69. The van der Waals surface area contributed by atoms with Crippen LogP contribution in [0.3, 0.4) is 0 Å². The Kier molecular flexibility index (Phi) is 5.31. The summed E-state index contributed by atoms with van der Waals surface area (Å²) in [5.74, 6) is 0.337. The molecule has 0 aromatic heterocycles. The fourth-order valence-electron chi connectivity index (χ4n) is 4.67. The van der Waals surface area contributed by atoms with Crippen molar-refractivity contribution in [2.45, 2.75) is 78.2 Å². The van der Waals surface area contributed by atoms with Gasteiger partial charge >= 0.3 is 6.03 Å². The van der Waals surface area contributed by atoms with E-state index in [2.05, 4.69) is 46.9 Å². The summed E-state index contributed by atoms with van der Waals surface area (Å²) in [5, 5.41) is 3.26. The van der Waals surface area contributed by atoms with Crippen molar-refractivity contribution in [1.29, 1.82) is 0 Å². The quantitative estimate of drug-likeness (QED) is 0.864. The third-order valence-corrected chi connectivity index (χ3v) is 5.78. The van der Waals surface area contributed by atoms with E-state index in [9.17, 15) is 4.79 Å². The standard InChI is InChI=1S/C18H34N2O3/c1-8-20(13-9-10-23-17(3,4)11-13)16(21)19-14-12(2)15(22-7)18(14,5)6/h12-15H,8-11H2,1-7H3,(H,19,21). The number of methoxy groups -OCH3 is 1. The van der Waals surface area contributed by atoms with Gasteiger partial charge in [-0.05, 0) is 33.6 Å². The number of carbonyl (C=O) groups excluding carboxylic acids is 1. The molecule has 2 fully saturated rings. The lowest BCUT2D eigenvalue weighted by Gasteiger charge is -2.56. The van der Waals surface area contributed by atoms with Crippen molar-refractivity contribution in [3.05, 3.63) is 0 Å². The van der Waals surface area contributed by atoms with Crippen molar-refractivity contribution < 1.29 is 14.3 Å². The molecule has 1 N–H and O–H groups in total. The zero-order valence-electron chi connectivity index (χ0n) is 15.8. The van der Waals surface area contributed by atoms with Crippen molar-refractivity contribution in [3.8, 4) is 0 Å². The summed E-state index contributed by atoms with van der Waals surface area (Å²) >= 11 is 0. The van der Waals surface area contributed by atoms with Gasteiger partial charge in [0.1, 0.15) is 0 Å². The molecule has 2 rings (SSSR count). The SMILES string of the molecule is CCN(C(=O)NC1C(C)C(OC)C1(C)C)C1CCOC(C)(C)C1. The van der Waals surface area contributed by atoms with Crippen LogP contribution in [0.5, 0.6) is 0 Å². The van der Waals surface area contributed by atoms with Gasteiger partial charge < -0.3 is 19.7 Å². The van der Waals surface area contributed by atoms with Crippen LogP contribution in [0.1, 0.15) is 54.4 Å². The second-order valence-corrected chi connectivity index (χ2v) is 8.30. The van der Waals surface area contributed by atoms with E-state index in [4.69, 9.17) is 9.47 Å². The molecule has 4 unspecified atom stereocenters. The number of carbonyl (C=O) groups is 1. The maximum atomic E-state index is 12.8. The predicted molar refractivity (Wildman–Crippen MR) is 91.5 cm³/mol. The van der Waals surface area contributed by atoms with Gasteiger partial charge in [-0.3, -0.25) is 0 Å². The molecular formula is C18H34N2O3. The van der Waals surface area contributed by atoms with Gasteiger partial charge in [0.15, 0.2) is 0 Å². The average Bonchev–Trinajstić information content (AvgIpc) is 2.44. The molecule has 0 aromatic rings. The van der Waals surface area contributed by atoms with E-state index in [1.807, 2.05) is 4.90 Å². The summed E-state index contributed by atoms with van der Waals surface area (Å²) in [6.45, 7) is 14.2. The zero-order valence-corrected chi connectivity index (χ0v) is 15.8. The monoisotopic (exact) mass is 326 g/mol. The van der Waals surface area contributed by atoms with Crippen LogP contribution < -0.4 is 5.32 Å². The van der Waals surface area contributed by atoms with Crippen LogP contribution in [0, 0.1) is 11.3 Å². The first-order chi connectivity index (χ1) is 10.6. The maximum absolute atomic E-state index is 12.8. The first kappa shape index (κ1) is 18.5. The van der Waals surface area contributed by atoms with Crippen molar-refractivity contribution in [2.24, 2.45) is 11.3 Å². The second-order valence-electron chi connectivity index (χ2n) is 8.30. The Bertz CT molecular complexity index is 436. The zero-order chi connectivity index (χ0) is 17.4. The van der Waals surface area contributed by atoms with Crippen LogP contribution in [-0.4, -0.2) is 55.0 Å². The summed E-state index contributed by atoms with van der Waals surface area (Å²) in [6, 6.07) is 0.456. The molecule has 0 radical (unpaired) electrons. The van der Waals surface area contributed by atoms with Gasteiger partial charge in [-0.1, -0.05) is 20.8 Å². The van der Waals surface area contributed by atoms with Crippen molar-refractivity contribution in [1.82, 2.24) is 10.2 Å². The van der Waals surface area contributed by atoms with Crippen LogP contribution in [0.25, 0.3) is 0 Å². The number of nitrogens with one attached hydrogen (secondary N) is 1. The Labute approximate surface area is 141 Å². The molecule has 2 amide bonds. The van der Waals surface area contributed by atoms with Gasteiger partial charge in [0.25, 0.3) is 0 Å². The molecule has 0 bridgehead atoms. The van der Waals surface area contributed by atoms with Crippen LogP contribution in [0.2, 0.25) is 0 Å². The molecule has 1 aliphatic heterocycles. The molecule has 134 valence electrons. The molecule has 5 heteroatoms. The van der Waals surface area contributed by atoms with E-state index in [0.29, 0.717) is 5.92 Å². The van der Waals surface area contributed by atoms with E-state index in [1.54, 1.807) is 7.11 Å². The highest BCUT2D eigenvalue weighted by atomic mass is 16.5. The Hall–Kier alpha value is -0.810. The highest BCUT2D eigenvalue weighted by Gasteiger charge is 2.55. The lowest BCUT2D eigenvalue weighted by atomic mass is 9.58. The predicted octanol–water partition coefficient (Wildman–Crippen LogP) is 3.04. The van der Waals surface area contributed by atoms with Gasteiger partial charge in [-0.25, -0.2) is 4.79 Å². The molecule has 2 aliphatic rings. The number of urea groups is 1. The average molecular weight is 326 g/mol. The molecule has 1 saturated heterocycles. The third kappa shape index (κ3) is 3.50. The van der Waals surface area contributed by atoms with E-state index in [-0.39, 0.29) is 35.2 Å². The molecule has 1 aliphatic carbocycles.